The van der Waals surface area contributed by atoms with Crippen LogP contribution in [0.1, 0.15) is 39.5 Å². The third kappa shape index (κ3) is 7.13. The molecule has 264 valence electrons. The number of aromatic nitrogens is 4. The summed E-state index contributed by atoms with van der Waals surface area (Å²) in [5.41, 5.74) is 3.19. The zero-order valence-corrected chi connectivity index (χ0v) is 29.7. The van der Waals surface area contributed by atoms with Gasteiger partial charge in [0.25, 0.3) is 11.8 Å². The van der Waals surface area contributed by atoms with Crippen LogP contribution in [0, 0.1) is 18.7 Å². The molecule has 50 heavy (non-hydrogen) atoms. The Hall–Kier alpha value is -4.30. The second kappa shape index (κ2) is 15.3. The van der Waals surface area contributed by atoms with Crippen molar-refractivity contribution in [3.8, 4) is 22.4 Å². The molecule has 2 saturated heterocycles. The lowest BCUT2D eigenvalue weighted by Gasteiger charge is -2.37. The number of benzene rings is 2. The number of hydrogen-bond donors (Lipinski definition) is 2. The molecule has 0 unspecified atom stereocenters. The van der Waals surface area contributed by atoms with E-state index in [-0.39, 0.29) is 33.6 Å². The standard InChI is InChI=1S/C35H39Cl2FN8O4/c1-21-27(19-41-46(21)16-17-50-3)24-6-7-26(30(37)31(24)38)29-20-40-32(43(29)2)33(47)42-23-4-5-25(28(36)18-23)35(49)45-14-12-44(13-15-45)34(48)22-8-10-39-11-9-22/h4-7,18-20,22,39H,8-17H2,1-3H3,(H,42,47). The number of halogens is 3. The second-order valence-corrected chi connectivity index (χ2v) is 13.2. The molecule has 0 aliphatic carbocycles. The summed E-state index contributed by atoms with van der Waals surface area (Å²) in [6.07, 6.45) is 4.73. The molecule has 0 atom stereocenters. The van der Waals surface area contributed by atoms with Crippen molar-refractivity contribution in [3.05, 3.63) is 75.7 Å². The fourth-order valence-corrected chi connectivity index (χ4v) is 7.04. The van der Waals surface area contributed by atoms with Gasteiger partial charge in [-0.1, -0.05) is 35.3 Å². The van der Waals surface area contributed by atoms with Crippen LogP contribution in [-0.4, -0.2) is 99.8 Å². The number of anilines is 1. The predicted molar refractivity (Wildman–Crippen MR) is 189 cm³/mol. The van der Waals surface area contributed by atoms with E-state index in [2.05, 4.69) is 20.7 Å². The van der Waals surface area contributed by atoms with Crippen LogP contribution in [0.5, 0.6) is 0 Å². The van der Waals surface area contributed by atoms with E-state index in [1.165, 1.54) is 16.8 Å². The first-order valence-corrected chi connectivity index (χ1v) is 17.3. The van der Waals surface area contributed by atoms with Crippen LogP contribution in [0.15, 0.2) is 42.7 Å². The van der Waals surface area contributed by atoms with Gasteiger partial charge in [0.05, 0.1) is 46.8 Å². The molecule has 0 bridgehead atoms. The summed E-state index contributed by atoms with van der Waals surface area (Å²) >= 11 is 13.1. The zero-order valence-electron chi connectivity index (χ0n) is 28.1. The first-order valence-electron chi connectivity index (χ1n) is 16.5. The molecule has 4 heterocycles. The summed E-state index contributed by atoms with van der Waals surface area (Å²) in [5, 5.41) is 10.5. The molecule has 2 aromatic carbocycles. The lowest BCUT2D eigenvalue weighted by Crippen LogP contribution is -2.52. The van der Waals surface area contributed by atoms with Crippen molar-refractivity contribution in [1.29, 1.82) is 0 Å². The Labute approximate surface area is 299 Å². The Morgan fingerprint density at radius 3 is 2.40 bits per heavy atom. The topological polar surface area (TPSA) is 127 Å². The van der Waals surface area contributed by atoms with Gasteiger partial charge in [-0.2, -0.15) is 5.10 Å². The number of amides is 3. The van der Waals surface area contributed by atoms with Crippen LogP contribution in [0.3, 0.4) is 0 Å². The van der Waals surface area contributed by atoms with Gasteiger partial charge in [-0.25, -0.2) is 9.37 Å². The maximum absolute atomic E-state index is 15.7. The minimum Gasteiger partial charge on any atom is -0.383 e. The van der Waals surface area contributed by atoms with E-state index in [4.69, 9.17) is 27.9 Å². The third-order valence-corrected chi connectivity index (χ3v) is 10.2. The molecular formula is C35H39Cl2FN8O4. The second-order valence-electron chi connectivity index (χ2n) is 12.5. The Morgan fingerprint density at radius 2 is 1.70 bits per heavy atom. The van der Waals surface area contributed by atoms with Crippen molar-refractivity contribution in [1.82, 2.24) is 34.4 Å². The summed E-state index contributed by atoms with van der Waals surface area (Å²) in [7, 11) is 3.24. The minimum atomic E-state index is -0.609. The van der Waals surface area contributed by atoms with Crippen molar-refractivity contribution in [3.63, 3.8) is 0 Å². The molecule has 0 spiro atoms. The van der Waals surface area contributed by atoms with Gasteiger partial charge in [-0.3, -0.25) is 19.1 Å². The molecule has 2 fully saturated rings. The molecular weight excluding hydrogens is 686 g/mol. The number of rotatable bonds is 9. The highest BCUT2D eigenvalue weighted by molar-refractivity contribution is 6.34. The molecule has 2 aliphatic heterocycles. The Balaban J connectivity index is 1.10. The molecule has 4 aromatic rings. The SMILES string of the molecule is COCCn1ncc(-c2ccc(-c3cnc(C(=O)Nc4ccc(C(=O)N5CCN(C(=O)C6CCNCC6)CC5)c(Cl)c4)n3C)c(Cl)c2F)c1C. The maximum atomic E-state index is 15.7. The van der Waals surface area contributed by atoms with Gasteiger partial charge in [0.1, 0.15) is 5.82 Å². The lowest BCUT2D eigenvalue weighted by molar-refractivity contribution is -0.137. The van der Waals surface area contributed by atoms with Crippen molar-refractivity contribution >= 4 is 46.6 Å². The van der Waals surface area contributed by atoms with Crippen molar-refractivity contribution in [2.24, 2.45) is 13.0 Å². The van der Waals surface area contributed by atoms with Gasteiger partial charge in [0.2, 0.25) is 5.91 Å². The van der Waals surface area contributed by atoms with E-state index in [0.29, 0.717) is 73.0 Å². The number of piperazine rings is 1. The van der Waals surface area contributed by atoms with E-state index in [0.717, 1.165) is 31.6 Å². The number of methoxy groups -OCH3 is 1. The number of ether oxygens (including phenoxy) is 1. The largest absolute Gasteiger partial charge is 0.383 e. The molecule has 2 N–H and O–H groups in total. The van der Waals surface area contributed by atoms with Gasteiger partial charge >= 0.3 is 0 Å². The Kier molecular flexibility index (Phi) is 10.9. The van der Waals surface area contributed by atoms with Crippen LogP contribution in [0.2, 0.25) is 10.0 Å². The summed E-state index contributed by atoms with van der Waals surface area (Å²) in [6.45, 7) is 6.36. The van der Waals surface area contributed by atoms with Crippen molar-refractivity contribution < 1.29 is 23.5 Å². The normalized spacial score (nSPS) is 15.4. The average molecular weight is 726 g/mol. The highest BCUT2D eigenvalue weighted by atomic mass is 35.5. The summed E-state index contributed by atoms with van der Waals surface area (Å²) < 4.78 is 24.1. The molecule has 12 nitrogen and oxygen atoms in total. The molecule has 0 saturated carbocycles. The summed E-state index contributed by atoms with van der Waals surface area (Å²) in [6, 6.07) is 8.00. The fraction of sp³-hybridized carbons (Fsp3) is 0.400. The van der Waals surface area contributed by atoms with Gasteiger partial charge in [-0.15, -0.1) is 0 Å². The van der Waals surface area contributed by atoms with Gasteiger partial charge in [0.15, 0.2) is 5.82 Å². The van der Waals surface area contributed by atoms with Crippen LogP contribution >= 0.6 is 23.2 Å². The van der Waals surface area contributed by atoms with Crippen LogP contribution in [-0.2, 0) is 23.1 Å². The third-order valence-electron chi connectivity index (χ3n) is 9.47. The molecule has 15 heteroatoms. The number of carbonyl (C=O) groups is 3. The minimum absolute atomic E-state index is 0.0406. The first-order chi connectivity index (χ1) is 24.1. The smallest absolute Gasteiger partial charge is 0.291 e. The Bertz CT molecular complexity index is 1910. The van der Waals surface area contributed by atoms with E-state index in [1.54, 1.807) is 54.2 Å². The first kappa shape index (κ1) is 35.5. The zero-order chi connectivity index (χ0) is 35.5. The number of carbonyl (C=O) groups excluding carboxylic acids is 3. The average Bonchev–Trinajstić information content (AvgIpc) is 3.69. The monoisotopic (exact) mass is 724 g/mol. The molecule has 0 radical (unpaired) electrons. The Morgan fingerprint density at radius 1 is 1.00 bits per heavy atom. The van der Waals surface area contributed by atoms with Gasteiger partial charge < -0.3 is 29.7 Å². The van der Waals surface area contributed by atoms with Crippen LogP contribution in [0.25, 0.3) is 22.4 Å². The number of imidazole rings is 1. The van der Waals surface area contributed by atoms with E-state index in [9.17, 15) is 14.4 Å². The van der Waals surface area contributed by atoms with Crippen LogP contribution < -0.4 is 10.6 Å². The number of nitrogens with zero attached hydrogens (tertiary/aromatic N) is 6. The number of nitrogens with one attached hydrogen (secondary N) is 2. The molecule has 6 rings (SSSR count). The number of piperidine rings is 1. The quantitative estimate of drug-likeness (QED) is 0.252. The molecule has 3 amide bonds. The summed E-state index contributed by atoms with van der Waals surface area (Å²) in [4.78, 5) is 47.4. The molecule has 2 aromatic heterocycles. The highest BCUT2D eigenvalue weighted by Gasteiger charge is 2.31. The highest BCUT2D eigenvalue weighted by Crippen LogP contribution is 2.37. The van der Waals surface area contributed by atoms with E-state index < -0.39 is 11.7 Å². The van der Waals surface area contributed by atoms with Crippen molar-refractivity contribution in [2.45, 2.75) is 26.3 Å². The molecule has 2 aliphatic rings. The number of hydrogen-bond acceptors (Lipinski definition) is 7. The maximum Gasteiger partial charge on any atom is 0.291 e. The van der Waals surface area contributed by atoms with Crippen LogP contribution in [0.4, 0.5) is 10.1 Å². The lowest BCUT2D eigenvalue weighted by atomic mass is 9.96. The van der Waals surface area contributed by atoms with Gasteiger partial charge in [-0.05, 0) is 51.1 Å². The van der Waals surface area contributed by atoms with Gasteiger partial charge in [0, 0.05) is 74.3 Å². The van der Waals surface area contributed by atoms with Crippen molar-refractivity contribution in [2.75, 3.05) is 58.3 Å². The predicted octanol–water partition coefficient (Wildman–Crippen LogP) is 4.89. The van der Waals surface area contributed by atoms with E-state index in [1.807, 2.05) is 11.8 Å². The van der Waals surface area contributed by atoms with E-state index >= 15 is 4.39 Å². The summed E-state index contributed by atoms with van der Waals surface area (Å²) in [5.74, 6) is -1.11. The fourth-order valence-electron chi connectivity index (χ4n) is 6.52.